The predicted molar refractivity (Wildman–Crippen MR) is 70.2 cm³/mol. The quantitative estimate of drug-likeness (QED) is 0.787. The first-order valence-corrected chi connectivity index (χ1v) is 7.56. The highest BCUT2D eigenvalue weighted by Crippen LogP contribution is 2.30. The first-order chi connectivity index (χ1) is 7.31. The minimum absolute atomic E-state index is 0.730. The molecular weight excluding hydrogens is 272 g/mol. The van der Waals surface area contributed by atoms with Crippen LogP contribution < -0.4 is 4.90 Å². The molecule has 1 aromatic heterocycles. The zero-order chi connectivity index (χ0) is 10.7. The van der Waals surface area contributed by atoms with Crippen molar-refractivity contribution in [3.05, 3.63) is 11.1 Å². The molecule has 1 aliphatic carbocycles. The first-order valence-electron chi connectivity index (χ1n) is 5.56. The fourth-order valence-corrected chi connectivity index (χ4v) is 3.50. The van der Waals surface area contributed by atoms with Crippen LogP contribution in [0.15, 0.2) is 5.38 Å². The molecule has 84 valence electrons. The number of hydrogen-bond donors (Lipinski definition) is 0. The monoisotopic (exact) mass is 288 g/mol. The Morgan fingerprint density at radius 3 is 2.80 bits per heavy atom. The van der Waals surface area contributed by atoms with E-state index in [1.807, 2.05) is 0 Å². The summed E-state index contributed by atoms with van der Waals surface area (Å²) >= 11 is 5.31. The van der Waals surface area contributed by atoms with Crippen LogP contribution in [0.3, 0.4) is 0 Å². The van der Waals surface area contributed by atoms with Gasteiger partial charge in [0.1, 0.15) is 0 Å². The highest BCUT2D eigenvalue weighted by molar-refractivity contribution is 9.09. The maximum atomic E-state index is 4.60. The van der Waals surface area contributed by atoms with Gasteiger partial charge in [-0.2, -0.15) is 0 Å². The largest absolute Gasteiger partial charge is 0.344 e. The van der Waals surface area contributed by atoms with Crippen LogP contribution in [-0.4, -0.2) is 22.9 Å². The standard InChI is InChI=1S/C11H17BrN2S/c1-9-8-15-11(13-9)14(7-6-12)10-4-2-3-5-10/h8,10H,2-7H2,1H3. The third-order valence-corrected chi connectivity index (χ3v) is 4.29. The Hall–Kier alpha value is -0.0900. The summed E-state index contributed by atoms with van der Waals surface area (Å²) in [5.41, 5.74) is 1.15. The van der Waals surface area contributed by atoms with E-state index >= 15 is 0 Å². The number of halogens is 1. The van der Waals surface area contributed by atoms with Gasteiger partial charge in [0.15, 0.2) is 5.13 Å². The van der Waals surface area contributed by atoms with Crippen LogP contribution in [0.5, 0.6) is 0 Å². The minimum Gasteiger partial charge on any atom is -0.344 e. The van der Waals surface area contributed by atoms with E-state index in [1.54, 1.807) is 11.3 Å². The van der Waals surface area contributed by atoms with Gasteiger partial charge in [0.25, 0.3) is 0 Å². The van der Waals surface area contributed by atoms with E-state index in [4.69, 9.17) is 0 Å². The number of aromatic nitrogens is 1. The van der Waals surface area contributed by atoms with E-state index in [-0.39, 0.29) is 0 Å². The van der Waals surface area contributed by atoms with Gasteiger partial charge < -0.3 is 4.90 Å². The highest BCUT2D eigenvalue weighted by Gasteiger charge is 2.23. The zero-order valence-corrected chi connectivity index (χ0v) is 11.5. The topological polar surface area (TPSA) is 16.1 Å². The molecule has 0 radical (unpaired) electrons. The van der Waals surface area contributed by atoms with Gasteiger partial charge in [-0.3, -0.25) is 0 Å². The molecule has 1 fully saturated rings. The van der Waals surface area contributed by atoms with Crippen molar-refractivity contribution >= 4 is 32.4 Å². The first kappa shape index (κ1) is 11.4. The second-order valence-electron chi connectivity index (χ2n) is 4.09. The summed E-state index contributed by atoms with van der Waals surface area (Å²) < 4.78 is 0. The molecule has 1 saturated carbocycles. The van der Waals surface area contributed by atoms with Gasteiger partial charge in [-0.15, -0.1) is 11.3 Å². The van der Waals surface area contributed by atoms with E-state index in [0.29, 0.717) is 0 Å². The molecule has 0 spiro atoms. The Morgan fingerprint density at radius 1 is 1.53 bits per heavy atom. The van der Waals surface area contributed by atoms with Gasteiger partial charge >= 0.3 is 0 Å². The van der Waals surface area contributed by atoms with E-state index in [0.717, 1.165) is 23.6 Å². The summed E-state index contributed by atoms with van der Waals surface area (Å²) in [5, 5.41) is 4.38. The van der Waals surface area contributed by atoms with Crippen molar-refractivity contribution in [3.8, 4) is 0 Å². The molecule has 1 heterocycles. The number of hydrogen-bond acceptors (Lipinski definition) is 3. The van der Waals surface area contributed by atoms with Crippen LogP contribution in [0, 0.1) is 6.92 Å². The fourth-order valence-electron chi connectivity index (χ4n) is 2.21. The van der Waals surface area contributed by atoms with E-state index in [1.165, 1.54) is 30.8 Å². The van der Waals surface area contributed by atoms with Crippen molar-refractivity contribution in [3.63, 3.8) is 0 Å². The lowest BCUT2D eigenvalue weighted by molar-refractivity contribution is 0.621. The molecule has 15 heavy (non-hydrogen) atoms. The van der Waals surface area contributed by atoms with Crippen LogP contribution >= 0.6 is 27.3 Å². The normalized spacial score (nSPS) is 17.2. The van der Waals surface area contributed by atoms with Crippen molar-refractivity contribution in [1.82, 2.24) is 4.98 Å². The van der Waals surface area contributed by atoms with Crippen LogP contribution in [0.1, 0.15) is 31.4 Å². The van der Waals surface area contributed by atoms with Crippen molar-refractivity contribution in [1.29, 1.82) is 0 Å². The van der Waals surface area contributed by atoms with Gasteiger partial charge in [0.05, 0.1) is 5.69 Å². The molecule has 1 aliphatic rings. The lowest BCUT2D eigenvalue weighted by atomic mass is 10.2. The summed E-state index contributed by atoms with van der Waals surface area (Å²) in [5.74, 6) is 0. The Kier molecular flexibility index (Phi) is 4.03. The summed E-state index contributed by atoms with van der Waals surface area (Å²) in [6.45, 7) is 3.15. The highest BCUT2D eigenvalue weighted by atomic mass is 79.9. The van der Waals surface area contributed by atoms with Crippen molar-refractivity contribution < 1.29 is 0 Å². The number of aryl methyl sites for hydroxylation is 1. The van der Waals surface area contributed by atoms with Gasteiger partial charge in [0, 0.05) is 23.3 Å². The molecule has 1 aromatic rings. The van der Waals surface area contributed by atoms with Crippen LogP contribution in [0.4, 0.5) is 5.13 Å². The summed E-state index contributed by atoms with van der Waals surface area (Å²) in [7, 11) is 0. The Bertz CT molecular complexity index is 307. The smallest absolute Gasteiger partial charge is 0.185 e. The Morgan fingerprint density at radius 2 is 2.27 bits per heavy atom. The molecule has 0 amide bonds. The number of nitrogens with zero attached hydrogens (tertiary/aromatic N) is 2. The Labute approximate surface area is 104 Å². The van der Waals surface area contributed by atoms with Crippen molar-refractivity contribution in [2.24, 2.45) is 0 Å². The average molecular weight is 289 g/mol. The molecule has 2 nitrogen and oxygen atoms in total. The number of thiazole rings is 1. The average Bonchev–Trinajstić information content (AvgIpc) is 2.85. The van der Waals surface area contributed by atoms with E-state index in [9.17, 15) is 0 Å². The summed E-state index contributed by atoms with van der Waals surface area (Å²) in [6.07, 6.45) is 5.44. The molecule has 0 atom stereocenters. The molecule has 0 N–H and O–H groups in total. The zero-order valence-electron chi connectivity index (χ0n) is 9.08. The number of alkyl halides is 1. The maximum absolute atomic E-state index is 4.60. The molecule has 2 rings (SSSR count). The van der Waals surface area contributed by atoms with Gasteiger partial charge in [0.2, 0.25) is 0 Å². The summed E-state index contributed by atoms with van der Waals surface area (Å²) in [6, 6.07) is 0.730. The lowest BCUT2D eigenvalue weighted by Gasteiger charge is -2.27. The van der Waals surface area contributed by atoms with Crippen LogP contribution in [-0.2, 0) is 0 Å². The second-order valence-corrected chi connectivity index (χ2v) is 5.72. The molecular formula is C11H17BrN2S. The van der Waals surface area contributed by atoms with E-state index < -0.39 is 0 Å². The SMILES string of the molecule is Cc1csc(N(CCBr)C2CCCC2)n1. The minimum atomic E-state index is 0.730. The second kappa shape index (κ2) is 5.30. The van der Waals surface area contributed by atoms with Gasteiger partial charge in [-0.25, -0.2) is 4.98 Å². The van der Waals surface area contributed by atoms with Crippen molar-refractivity contribution in [2.75, 3.05) is 16.8 Å². The third kappa shape index (κ3) is 2.72. The molecule has 0 bridgehead atoms. The molecule has 0 unspecified atom stereocenters. The maximum Gasteiger partial charge on any atom is 0.185 e. The van der Waals surface area contributed by atoms with Gasteiger partial charge in [-0.1, -0.05) is 28.8 Å². The Balaban J connectivity index is 2.11. The van der Waals surface area contributed by atoms with E-state index in [2.05, 4.69) is 38.1 Å². The molecule has 0 aromatic carbocycles. The lowest BCUT2D eigenvalue weighted by Crippen LogP contribution is -2.34. The molecule has 4 heteroatoms. The van der Waals surface area contributed by atoms with Crippen molar-refractivity contribution in [2.45, 2.75) is 38.6 Å². The van der Waals surface area contributed by atoms with Crippen LogP contribution in [0.25, 0.3) is 0 Å². The third-order valence-electron chi connectivity index (χ3n) is 2.94. The fraction of sp³-hybridized carbons (Fsp3) is 0.727. The number of rotatable bonds is 4. The molecule has 0 aliphatic heterocycles. The van der Waals surface area contributed by atoms with Gasteiger partial charge in [-0.05, 0) is 19.8 Å². The number of anilines is 1. The van der Waals surface area contributed by atoms with Crippen LogP contribution in [0.2, 0.25) is 0 Å². The predicted octanol–water partition coefficient (Wildman–Crippen LogP) is 3.60. The molecule has 0 saturated heterocycles. The summed E-state index contributed by atoms with van der Waals surface area (Å²) in [4.78, 5) is 7.08.